The largest absolute Gasteiger partial charge is 0.456 e. The number of para-hydroxylation sites is 4. The van der Waals surface area contributed by atoms with Crippen LogP contribution in [0.1, 0.15) is 0 Å². The summed E-state index contributed by atoms with van der Waals surface area (Å²) in [5, 5.41) is 6.84. The van der Waals surface area contributed by atoms with Crippen molar-refractivity contribution in [3.05, 3.63) is 152 Å². The van der Waals surface area contributed by atoms with Crippen LogP contribution in [0.3, 0.4) is 0 Å². The van der Waals surface area contributed by atoms with Gasteiger partial charge in [0.2, 0.25) is 0 Å². The average molecular weight is 552 g/mol. The summed E-state index contributed by atoms with van der Waals surface area (Å²) in [6.45, 7) is 0. The van der Waals surface area contributed by atoms with Crippen molar-refractivity contribution in [3.63, 3.8) is 0 Å². The molecule has 9 rings (SSSR count). The summed E-state index contributed by atoms with van der Waals surface area (Å²) in [5.41, 5.74) is 9.08. The van der Waals surface area contributed by atoms with Crippen molar-refractivity contribution in [3.8, 4) is 11.1 Å². The maximum Gasteiger partial charge on any atom is 0.159 e. The van der Waals surface area contributed by atoms with Crippen LogP contribution in [-0.4, -0.2) is 0 Å². The minimum absolute atomic E-state index is 0.873. The van der Waals surface area contributed by atoms with Crippen LogP contribution in [0.4, 0.5) is 17.1 Å². The van der Waals surface area contributed by atoms with Gasteiger partial charge in [0, 0.05) is 32.6 Å². The molecule has 0 saturated heterocycles. The van der Waals surface area contributed by atoms with Gasteiger partial charge in [-0.05, 0) is 65.0 Å². The smallest absolute Gasteiger partial charge is 0.159 e. The Bertz CT molecular complexity index is 2470. The van der Waals surface area contributed by atoms with E-state index in [4.69, 9.17) is 8.83 Å². The van der Waals surface area contributed by atoms with Crippen LogP contribution in [0.15, 0.2) is 160 Å². The number of anilines is 3. The predicted molar refractivity (Wildman–Crippen MR) is 179 cm³/mol. The Morgan fingerprint density at radius 2 is 1.00 bits per heavy atom. The first-order valence-corrected chi connectivity index (χ1v) is 14.5. The molecule has 0 spiro atoms. The Labute approximate surface area is 247 Å². The zero-order valence-electron chi connectivity index (χ0n) is 23.2. The van der Waals surface area contributed by atoms with Gasteiger partial charge >= 0.3 is 0 Å². The van der Waals surface area contributed by atoms with Crippen LogP contribution in [-0.2, 0) is 0 Å². The SMILES string of the molecule is c1ccc(N(c2ccc(-c3ccc4oc5ccccc5c4c3)c3ccccc23)c2cccc3c2oc2ccccc23)cc1. The first-order chi connectivity index (χ1) is 21.3. The molecule has 0 atom stereocenters. The number of fused-ring (bicyclic) bond motifs is 7. The number of hydrogen-bond acceptors (Lipinski definition) is 3. The van der Waals surface area contributed by atoms with Gasteiger partial charge in [0.25, 0.3) is 0 Å². The second kappa shape index (κ2) is 9.37. The highest BCUT2D eigenvalue weighted by Gasteiger charge is 2.21. The van der Waals surface area contributed by atoms with Gasteiger partial charge in [-0.25, -0.2) is 0 Å². The molecule has 0 aliphatic rings. The quantitative estimate of drug-likeness (QED) is 0.218. The van der Waals surface area contributed by atoms with Crippen LogP contribution in [0, 0.1) is 0 Å². The maximum atomic E-state index is 6.53. The standard InChI is InChI=1S/C40H25NO2/c1-2-11-27(12-3-1)41(36-18-10-17-33-31-15-6-9-20-38(31)43-40(33)36)35-23-22-28(29-13-4-5-14-30(29)35)26-21-24-39-34(25-26)32-16-7-8-19-37(32)42-39/h1-25H. The lowest BCUT2D eigenvalue weighted by Gasteiger charge is -2.27. The second-order valence-electron chi connectivity index (χ2n) is 10.9. The number of furan rings is 2. The fourth-order valence-corrected chi connectivity index (χ4v) is 6.52. The normalized spacial score (nSPS) is 11.7. The fraction of sp³-hybridized carbons (Fsp3) is 0. The molecule has 0 N–H and O–H groups in total. The van der Waals surface area contributed by atoms with Crippen molar-refractivity contribution in [2.24, 2.45) is 0 Å². The summed E-state index contributed by atoms with van der Waals surface area (Å²) in [4.78, 5) is 2.32. The van der Waals surface area contributed by atoms with Crippen LogP contribution >= 0.6 is 0 Å². The van der Waals surface area contributed by atoms with E-state index >= 15 is 0 Å². The third-order valence-corrected chi connectivity index (χ3v) is 8.47. The summed E-state index contributed by atoms with van der Waals surface area (Å²) in [6.07, 6.45) is 0. The van der Waals surface area contributed by atoms with E-state index in [0.29, 0.717) is 0 Å². The van der Waals surface area contributed by atoms with Crippen molar-refractivity contribution in [1.82, 2.24) is 0 Å². The van der Waals surface area contributed by atoms with Crippen molar-refractivity contribution in [2.45, 2.75) is 0 Å². The lowest BCUT2D eigenvalue weighted by atomic mass is 9.95. The summed E-state index contributed by atoms with van der Waals surface area (Å²) >= 11 is 0. The molecule has 3 nitrogen and oxygen atoms in total. The second-order valence-corrected chi connectivity index (χ2v) is 10.9. The zero-order chi connectivity index (χ0) is 28.3. The van der Waals surface area contributed by atoms with E-state index < -0.39 is 0 Å². The molecule has 9 aromatic rings. The molecule has 0 amide bonds. The van der Waals surface area contributed by atoms with E-state index in [1.807, 2.05) is 24.3 Å². The van der Waals surface area contributed by atoms with Crippen LogP contribution in [0.5, 0.6) is 0 Å². The molecule has 7 aromatic carbocycles. The van der Waals surface area contributed by atoms with Gasteiger partial charge in [-0.2, -0.15) is 0 Å². The molecule has 3 heteroatoms. The first-order valence-electron chi connectivity index (χ1n) is 14.5. The van der Waals surface area contributed by atoms with Crippen LogP contribution < -0.4 is 4.90 Å². The van der Waals surface area contributed by atoms with Gasteiger partial charge in [-0.1, -0.05) is 103 Å². The molecule has 0 radical (unpaired) electrons. The molecule has 0 saturated carbocycles. The highest BCUT2D eigenvalue weighted by atomic mass is 16.3. The molecular weight excluding hydrogens is 526 g/mol. The Morgan fingerprint density at radius 1 is 0.372 bits per heavy atom. The van der Waals surface area contributed by atoms with E-state index in [-0.39, 0.29) is 0 Å². The van der Waals surface area contributed by atoms with Crippen LogP contribution in [0.2, 0.25) is 0 Å². The van der Waals surface area contributed by atoms with Gasteiger partial charge in [-0.3, -0.25) is 0 Å². The molecule has 0 aliphatic carbocycles. The van der Waals surface area contributed by atoms with Gasteiger partial charge in [-0.15, -0.1) is 0 Å². The van der Waals surface area contributed by atoms with Crippen molar-refractivity contribution < 1.29 is 8.83 Å². The third kappa shape index (κ3) is 3.68. The van der Waals surface area contributed by atoms with E-state index in [2.05, 4.69) is 132 Å². The van der Waals surface area contributed by atoms with Crippen molar-refractivity contribution >= 4 is 71.7 Å². The molecule has 2 heterocycles. The number of rotatable bonds is 4. The molecule has 0 bridgehead atoms. The topological polar surface area (TPSA) is 29.5 Å². The summed E-state index contributed by atoms with van der Waals surface area (Å²) in [7, 11) is 0. The Hall–Kier alpha value is -5.80. The van der Waals surface area contributed by atoms with Gasteiger partial charge in [0.1, 0.15) is 16.7 Å². The van der Waals surface area contributed by atoms with Gasteiger partial charge < -0.3 is 13.7 Å². The summed E-state index contributed by atoms with van der Waals surface area (Å²) < 4.78 is 12.7. The summed E-state index contributed by atoms with van der Waals surface area (Å²) in [5.74, 6) is 0. The van der Waals surface area contributed by atoms with E-state index in [1.165, 1.54) is 10.9 Å². The molecule has 0 unspecified atom stereocenters. The first kappa shape index (κ1) is 23.9. The fourth-order valence-electron chi connectivity index (χ4n) is 6.52. The predicted octanol–water partition coefficient (Wildman–Crippen LogP) is 11.8. The molecular formula is C40H25NO2. The molecule has 0 aliphatic heterocycles. The molecule has 202 valence electrons. The molecule has 0 fully saturated rings. The van der Waals surface area contributed by atoms with Crippen molar-refractivity contribution in [2.75, 3.05) is 4.90 Å². The maximum absolute atomic E-state index is 6.53. The van der Waals surface area contributed by atoms with E-state index in [9.17, 15) is 0 Å². The minimum atomic E-state index is 0.873. The highest BCUT2D eigenvalue weighted by molar-refractivity contribution is 6.13. The third-order valence-electron chi connectivity index (χ3n) is 8.47. The summed E-state index contributed by atoms with van der Waals surface area (Å²) in [6, 6.07) is 53.1. The highest BCUT2D eigenvalue weighted by Crippen LogP contribution is 2.46. The average Bonchev–Trinajstić information content (AvgIpc) is 3.64. The number of hydrogen-bond donors (Lipinski definition) is 0. The Kier molecular flexibility index (Phi) is 5.20. The molecule has 2 aromatic heterocycles. The monoisotopic (exact) mass is 551 g/mol. The minimum Gasteiger partial charge on any atom is -0.456 e. The van der Waals surface area contributed by atoms with E-state index in [1.54, 1.807) is 0 Å². The number of nitrogens with zero attached hydrogens (tertiary/aromatic N) is 1. The van der Waals surface area contributed by atoms with Gasteiger partial charge in [0.05, 0.1) is 11.4 Å². The Balaban J connectivity index is 1.29. The lowest BCUT2D eigenvalue weighted by Crippen LogP contribution is -2.10. The lowest BCUT2D eigenvalue weighted by molar-refractivity contribution is 0.668. The zero-order valence-corrected chi connectivity index (χ0v) is 23.2. The van der Waals surface area contributed by atoms with E-state index in [0.717, 1.165) is 71.9 Å². The van der Waals surface area contributed by atoms with Gasteiger partial charge in [0.15, 0.2) is 5.58 Å². The number of benzene rings is 7. The molecule has 43 heavy (non-hydrogen) atoms. The Morgan fingerprint density at radius 3 is 1.81 bits per heavy atom. The van der Waals surface area contributed by atoms with Crippen LogP contribution in [0.25, 0.3) is 65.8 Å². The van der Waals surface area contributed by atoms with Crippen molar-refractivity contribution in [1.29, 1.82) is 0 Å².